The molecule has 1 aliphatic heterocycles. The van der Waals surface area contributed by atoms with Crippen LogP contribution in [0, 0.1) is 13.8 Å². The molecule has 0 bridgehead atoms. The molecule has 1 aromatic carbocycles. The first kappa shape index (κ1) is 22.3. The van der Waals surface area contributed by atoms with Gasteiger partial charge in [0.15, 0.2) is 6.61 Å². The van der Waals surface area contributed by atoms with Crippen LogP contribution in [0.1, 0.15) is 37.3 Å². The number of aliphatic hydroxyl groups excluding tert-OH is 1. The number of aliphatic hydroxyl groups is 1. The summed E-state index contributed by atoms with van der Waals surface area (Å²) in [6.07, 6.45) is 0.694. The molecule has 1 fully saturated rings. The molecule has 2 rings (SSSR count). The molecule has 2 unspecified atom stereocenters. The highest BCUT2D eigenvalue weighted by atomic mass is 32.2. The summed E-state index contributed by atoms with van der Waals surface area (Å²) in [6, 6.07) is 3.55. The number of carbonyl (C=O) groups excluding carboxylic acids is 2. The summed E-state index contributed by atoms with van der Waals surface area (Å²) >= 11 is 0. The standard InChI is InChI=1S/C19H28N2O6S/c1-4-5-8-20-18(23)12-27-19(24)17-10-15(22)11-21(17)28(25,26)16-7-6-13(2)14(3)9-16/h6-7,9,15,17,22H,4-5,8,10-12H2,1-3H3,(H,20,23). The molecule has 28 heavy (non-hydrogen) atoms. The number of nitrogens with zero attached hydrogens (tertiary/aromatic N) is 1. The molecule has 1 amide bonds. The highest BCUT2D eigenvalue weighted by molar-refractivity contribution is 7.89. The fraction of sp³-hybridized carbons (Fsp3) is 0.579. The number of hydrogen-bond donors (Lipinski definition) is 2. The first-order valence-electron chi connectivity index (χ1n) is 9.37. The Labute approximate surface area is 165 Å². The predicted molar refractivity (Wildman–Crippen MR) is 103 cm³/mol. The molecular weight excluding hydrogens is 384 g/mol. The van der Waals surface area contributed by atoms with E-state index in [1.807, 2.05) is 13.8 Å². The summed E-state index contributed by atoms with van der Waals surface area (Å²) < 4.78 is 32.0. The lowest BCUT2D eigenvalue weighted by Crippen LogP contribution is -2.42. The van der Waals surface area contributed by atoms with Gasteiger partial charge in [0.25, 0.3) is 5.91 Å². The Balaban J connectivity index is 2.10. The lowest BCUT2D eigenvalue weighted by Gasteiger charge is -2.22. The van der Waals surface area contributed by atoms with Crippen molar-refractivity contribution in [2.75, 3.05) is 19.7 Å². The van der Waals surface area contributed by atoms with Crippen LogP contribution >= 0.6 is 0 Å². The highest BCUT2D eigenvalue weighted by Gasteiger charge is 2.44. The van der Waals surface area contributed by atoms with E-state index in [0.29, 0.717) is 6.54 Å². The zero-order valence-corrected chi connectivity index (χ0v) is 17.3. The number of esters is 1. The van der Waals surface area contributed by atoms with Crippen LogP contribution in [0.2, 0.25) is 0 Å². The van der Waals surface area contributed by atoms with Crippen molar-refractivity contribution < 1.29 is 27.9 Å². The average Bonchev–Trinajstić information content (AvgIpc) is 3.05. The van der Waals surface area contributed by atoms with Gasteiger partial charge in [-0.25, -0.2) is 8.42 Å². The fourth-order valence-electron chi connectivity index (χ4n) is 2.96. The van der Waals surface area contributed by atoms with E-state index in [0.717, 1.165) is 28.3 Å². The van der Waals surface area contributed by atoms with Gasteiger partial charge in [-0.05, 0) is 43.5 Å². The van der Waals surface area contributed by atoms with Gasteiger partial charge < -0.3 is 15.2 Å². The summed E-state index contributed by atoms with van der Waals surface area (Å²) in [5.74, 6) is -1.28. The Hall–Kier alpha value is -1.97. The second-order valence-corrected chi connectivity index (χ2v) is 8.93. The van der Waals surface area contributed by atoms with Crippen LogP contribution < -0.4 is 5.32 Å². The minimum Gasteiger partial charge on any atom is -0.454 e. The number of nitrogens with one attached hydrogen (secondary N) is 1. The van der Waals surface area contributed by atoms with Crippen molar-refractivity contribution in [2.24, 2.45) is 0 Å². The van der Waals surface area contributed by atoms with Crippen LogP contribution in [0.25, 0.3) is 0 Å². The number of sulfonamides is 1. The number of hydrogen-bond acceptors (Lipinski definition) is 6. The van der Waals surface area contributed by atoms with E-state index in [9.17, 15) is 23.1 Å². The molecule has 2 atom stereocenters. The van der Waals surface area contributed by atoms with Gasteiger partial charge in [0.05, 0.1) is 11.0 Å². The van der Waals surface area contributed by atoms with Gasteiger partial charge in [-0.3, -0.25) is 9.59 Å². The number of unbranched alkanes of at least 4 members (excludes halogenated alkanes) is 1. The minimum absolute atomic E-state index is 0.0554. The highest BCUT2D eigenvalue weighted by Crippen LogP contribution is 2.28. The van der Waals surface area contributed by atoms with Gasteiger partial charge >= 0.3 is 5.97 Å². The van der Waals surface area contributed by atoms with Crippen LogP contribution in [0.15, 0.2) is 23.1 Å². The van der Waals surface area contributed by atoms with Crippen LogP contribution in [-0.2, 0) is 24.3 Å². The third kappa shape index (κ3) is 5.30. The number of β-amino-alcohol motifs (C(OH)–C–C–N with tert-alkyl or cyclic N) is 1. The van der Waals surface area contributed by atoms with E-state index < -0.39 is 40.7 Å². The molecule has 1 aromatic rings. The summed E-state index contributed by atoms with van der Waals surface area (Å²) in [4.78, 5) is 24.2. The summed E-state index contributed by atoms with van der Waals surface area (Å²) in [6.45, 7) is 5.47. The predicted octanol–water partition coefficient (Wildman–Crippen LogP) is 0.887. The van der Waals surface area contributed by atoms with Crippen molar-refractivity contribution in [3.8, 4) is 0 Å². The second-order valence-electron chi connectivity index (χ2n) is 7.04. The molecule has 1 saturated heterocycles. The van der Waals surface area contributed by atoms with E-state index in [1.165, 1.54) is 6.07 Å². The van der Waals surface area contributed by atoms with Crippen molar-refractivity contribution in [3.63, 3.8) is 0 Å². The number of benzene rings is 1. The molecule has 0 radical (unpaired) electrons. The first-order valence-corrected chi connectivity index (χ1v) is 10.8. The molecule has 2 N–H and O–H groups in total. The number of aryl methyl sites for hydroxylation is 2. The largest absolute Gasteiger partial charge is 0.454 e. The van der Waals surface area contributed by atoms with Gasteiger partial charge in [0, 0.05) is 19.5 Å². The van der Waals surface area contributed by atoms with Crippen LogP contribution in [0.3, 0.4) is 0 Å². The Bertz CT molecular complexity index is 824. The molecule has 9 heteroatoms. The maximum absolute atomic E-state index is 13.0. The Morgan fingerprint density at radius 2 is 2.00 bits per heavy atom. The van der Waals surface area contributed by atoms with E-state index in [4.69, 9.17) is 4.74 Å². The van der Waals surface area contributed by atoms with Crippen LogP contribution in [-0.4, -0.2) is 61.5 Å². The van der Waals surface area contributed by atoms with Gasteiger partial charge in [0.2, 0.25) is 10.0 Å². The topological polar surface area (TPSA) is 113 Å². The summed E-state index contributed by atoms with van der Waals surface area (Å²) in [5, 5.41) is 12.6. The summed E-state index contributed by atoms with van der Waals surface area (Å²) in [5.41, 5.74) is 1.76. The lowest BCUT2D eigenvalue weighted by molar-refractivity contribution is -0.151. The molecule has 8 nitrogen and oxygen atoms in total. The van der Waals surface area contributed by atoms with Crippen molar-refractivity contribution in [1.82, 2.24) is 9.62 Å². The fourth-order valence-corrected chi connectivity index (χ4v) is 4.67. The minimum atomic E-state index is -3.99. The van der Waals surface area contributed by atoms with Crippen LogP contribution in [0.5, 0.6) is 0 Å². The lowest BCUT2D eigenvalue weighted by atomic mass is 10.1. The molecule has 0 aliphatic carbocycles. The average molecular weight is 413 g/mol. The molecule has 0 saturated carbocycles. The summed E-state index contributed by atoms with van der Waals surface area (Å²) in [7, 11) is -3.99. The van der Waals surface area contributed by atoms with Crippen molar-refractivity contribution >= 4 is 21.9 Å². The van der Waals surface area contributed by atoms with Crippen molar-refractivity contribution in [3.05, 3.63) is 29.3 Å². The number of amides is 1. The molecule has 1 aliphatic rings. The first-order chi connectivity index (χ1) is 13.2. The quantitative estimate of drug-likeness (QED) is 0.484. The number of ether oxygens (including phenoxy) is 1. The zero-order valence-electron chi connectivity index (χ0n) is 16.5. The molecule has 1 heterocycles. The maximum Gasteiger partial charge on any atom is 0.325 e. The molecule has 0 spiro atoms. The number of carbonyl (C=O) groups is 2. The smallest absolute Gasteiger partial charge is 0.325 e. The number of rotatable bonds is 8. The van der Waals surface area contributed by atoms with Gasteiger partial charge in [-0.15, -0.1) is 0 Å². The van der Waals surface area contributed by atoms with Gasteiger partial charge in [0.1, 0.15) is 6.04 Å². The second kappa shape index (κ2) is 9.49. The molecule has 0 aromatic heterocycles. The Morgan fingerprint density at radius 1 is 1.29 bits per heavy atom. The maximum atomic E-state index is 13.0. The van der Waals surface area contributed by atoms with Gasteiger partial charge in [-0.2, -0.15) is 4.31 Å². The zero-order chi connectivity index (χ0) is 20.9. The molecular formula is C19H28N2O6S. The molecule has 156 valence electrons. The third-order valence-electron chi connectivity index (χ3n) is 4.79. The normalized spacial score (nSPS) is 20.1. The van der Waals surface area contributed by atoms with Gasteiger partial charge in [-0.1, -0.05) is 19.4 Å². The Kier molecular flexibility index (Phi) is 7.56. The van der Waals surface area contributed by atoms with Crippen LogP contribution in [0.4, 0.5) is 0 Å². The van der Waals surface area contributed by atoms with E-state index >= 15 is 0 Å². The van der Waals surface area contributed by atoms with E-state index in [1.54, 1.807) is 19.1 Å². The monoisotopic (exact) mass is 412 g/mol. The van der Waals surface area contributed by atoms with E-state index in [2.05, 4.69) is 5.32 Å². The van der Waals surface area contributed by atoms with Crippen molar-refractivity contribution in [1.29, 1.82) is 0 Å². The SMILES string of the molecule is CCCCNC(=O)COC(=O)C1CC(O)CN1S(=O)(=O)c1ccc(C)c(C)c1. The Morgan fingerprint density at radius 3 is 2.64 bits per heavy atom. The van der Waals surface area contributed by atoms with E-state index in [-0.39, 0.29) is 17.9 Å². The third-order valence-corrected chi connectivity index (χ3v) is 6.66. The van der Waals surface area contributed by atoms with Crippen molar-refractivity contribution in [2.45, 2.75) is 57.1 Å².